The van der Waals surface area contributed by atoms with E-state index in [-0.39, 0.29) is 17.6 Å². The van der Waals surface area contributed by atoms with Crippen molar-refractivity contribution in [3.8, 4) is 22.7 Å². The molecule has 2 aliphatic rings. The number of fused-ring (bicyclic) bond motifs is 1. The molecule has 2 amide bonds. The van der Waals surface area contributed by atoms with Gasteiger partial charge in [-0.05, 0) is 25.2 Å². The minimum absolute atomic E-state index is 0.0471. The molecule has 0 spiro atoms. The van der Waals surface area contributed by atoms with Gasteiger partial charge in [-0.15, -0.1) is 0 Å². The van der Waals surface area contributed by atoms with Crippen molar-refractivity contribution in [3.05, 3.63) is 42.5 Å². The summed E-state index contributed by atoms with van der Waals surface area (Å²) in [5.74, 6) is 1.62. The third kappa shape index (κ3) is 5.26. The van der Waals surface area contributed by atoms with Gasteiger partial charge >= 0.3 is 6.09 Å². The van der Waals surface area contributed by atoms with Gasteiger partial charge in [-0.25, -0.2) is 29.7 Å². The largest absolute Gasteiger partial charge is 0.465 e. The molecular formula is C26H27N9O5. The second-order valence-electron chi connectivity index (χ2n) is 9.55. The second kappa shape index (κ2) is 10.8. The molecule has 2 saturated heterocycles. The molecule has 0 aliphatic carbocycles. The van der Waals surface area contributed by atoms with Crippen molar-refractivity contribution >= 4 is 34.8 Å². The number of hydrogen-bond donors (Lipinski definition) is 2. The zero-order valence-corrected chi connectivity index (χ0v) is 21.8. The fraction of sp³-hybridized carbons (Fsp3) is 0.346. The van der Waals surface area contributed by atoms with Gasteiger partial charge in [0, 0.05) is 63.4 Å². The Kier molecular flexibility index (Phi) is 6.92. The summed E-state index contributed by atoms with van der Waals surface area (Å²) in [6.07, 6.45) is 3.35. The van der Waals surface area contributed by atoms with Gasteiger partial charge in [-0.3, -0.25) is 10.1 Å². The Labute approximate surface area is 228 Å². The molecule has 0 saturated carbocycles. The molecule has 0 atom stereocenters. The normalized spacial score (nSPS) is 16.3. The van der Waals surface area contributed by atoms with E-state index in [4.69, 9.17) is 29.2 Å². The molecular weight excluding hydrogens is 518 g/mol. The average Bonchev–Trinajstić information content (AvgIpc) is 3.47. The van der Waals surface area contributed by atoms with Crippen molar-refractivity contribution in [3.63, 3.8) is 0 Å². The van der Waals surface area contributed by atoms with Crippen LogP contribution in [0.15, 0.2) is 41.2 Å². The minimum Gasteiger partial charge on any atom is -0.465 e. The SMILES string of the molecule is CN1CCN(C(=O)c2ccc(-c3cnc4c(N5CCOCC5)nc(-c5cnc(NC(=O)O)nc5)nc4c3)o2)CC1. The molecule has 40 heavy (non-hydrogen) atoms. The third-order valence-corrected chi connectivity index (χ3v) is 6.85. The van der Waals surface area contributed by atoms with Gasteiger partial charge in [-0.1, -0.05) is 0 Å². The number of carbonyl (C=O) groups excluding carboxylic acids is 1. The number of likely N-dealkylation sites (N-methyl/N-ethyl adjacent to an activating group) is 1. The Morgan fingerprint density at radius 3 is 2.38 bits per heavy atom. The zero-order valence-electron chi connectivity index (χ0n) is 21.8. The summed E-state index contributed by atoms with van der Waals surface area (Å²) in [7, 11) is 2.04. The summed E-state index contributed by atoms with van der Waals surface area (Å²) < 4.78 is 11.5. The van der Waals surface area contributed by atoms with E-state index in [9.17, 15) is 9.59 Å². The van der Waals surface area contributed by atoms with Gasteiger partial charge in [-0.2, -0.15) is 0 Å². The lowest BCUT2D eigenvalue weighted by Gasteiger charge is -2.31. The number of aromatic nitrogens is 5. The standard InChI is InChI=1S/C26H27N9O5/c1-33-4-6-35(7-5-33)24(36)20-3-2-19(40-20)16-12-18-21(27-13-16)23(34-8-10-39-11-9-34)31-22(30-18)17-14-28-25(29-15-17)32-26(37)38/h2-3,12-15H,4-11H2,1H3,(H,37,38)(H,28,29,32). The fourth-order valence-electron chi connectivity index (χ4n) is 4.64. The first kappa shape index (κ1) is 25.6. The first-order valence-electron chi connectivity index (χ1n) is 12.9. The zero-order chi connectivity index (χ0) is 27.6. The third-order valence-electron chi connectivity index (χ3n) is 6.85. The molecule has 0 radical (unpaired) electrons. The molecule has 206 valence electrons. The van der Waals surface area contributed by atoms with E-state index in [0.29, 0.717) is 79.0 Å². The predicted molar refractivity (Wildman–Crippen MR) is 144 cm³/mol. The van der Waals surface area contributed by atoms with E-state index in [1.165, 1.54) is 12.4 Å². The lowest BCUT2D eigenvalue weighted by atomic mass is 10.2. The topological polar surface area (TPSA) is 163 Å². The minimum atomic E-state index is -1.26. The first-order valence-corrected chi connectivity index (χ1v) is 12.9. The van der Waals surface area contributed by atoms with Crippen LogP contribution in [0, 0.1) is 0 Å². The number of morpholine rings is 1. The van der Waals surface area contributed by atoms with Gasteiger partial charge in [0.05, 0.1) is 24.3 Å². The highest BCUT2D eigenvalue weighted by Crippen LogP contribution is 2.30. The summed E-state index contributed by atoms with van der Waals surface area (Å²) in [4.78, 5) is 52.3. The van der Waals surface area contributed by atoms with E-state index < -0.39 is 6.09 Å². The number of rotatable bonds is 5. The van der Waals surface area contributed by atoms with Crippen molar-refractivity contribution < 1.29 is 23.8 Å². The Hall–Kier alpha value is -4.69. The van der Waals surface area contributed by atoms with E-state index in [1.54, 1.807) is 23.2 Å². The molecule has 0 unspecified atom stereocenters. The van der Waals surface area contributed by atoms with Gasteiger partial charge in [0.1, 0.15) is 11.3 Å². The summed E-state index contributed by atoms with van der Waals surface area (Å²) in [6.45, 7) is 5.37. The maximum absolute atomic E-state index is 13.0. The van der Waals surface area contributed by atoms with Gasteiger partial charge < -0.3 is 29.0 Å². The molecule has 0 aromatic carbocycles. The van der Waals surface area contributed by atoms with Crippen LogP contribution < -0.4 is 10.2 Å². The Balaban J connectivity index is 1.35. The number of carbonyl (C=O) groups is 2. The van der Waals surface area contributed by atoms with E-state index >= 15 is 0 Å². The lowest BCUT2D eigenvalue weighted by molar-refractivity contribution is 0.0633. The van der Waals surface area contributed by atoms with Crippen molar-refractivity contribution in [1.82, 2.24) is 34.7 Å². The van der Waals surface area contributed by atoms with Crippen molar-refractivity contribution in [2.45, 2.75) is 0 Å². The molecule has 14 heteroatoms. The van der Waals surface area contributed by atoms with Gasteiger partial charge in [0.15, 0.2) is 17.4 Å². The maximum atomic E-state index is 13.0. The van der Waals surface area contributed by atoms with Crippen LogP contribution in [0.2, 0.25) is 0 Å². The number of furan rings is 1. The maximum Gasteiger partial charge on any atom is 0.411 e. The number of nitrogens with zero attached hydrogens (tertiary/aromatic N) is 8. The highest BCUT2D eigenvalue weighted by atomic mass is 16.5. The molecule has 2 N–H and O–H groups in total. The van der Waals surface area contributed by atoms with Crippen LogP contribution in [0.1, 0.15) is 10.6 Å². The number of hydrogen-bond acceptors (Lipinski definition) is 11. The molecule has 14 nitrogen and oxygen atoms in total. The summed E-state index contributed by atoms with van der Waals surface area (Å²) in [6, 6.07) is 5.30. The van der Waals surface area contributed by atoms with E-state index in [2.05, 4.69) is 25.1 Å². The lowest BCUT2D eigenvalue weighted by Crippen LogP contribution is -2.47. The molecule has 4 aromatic heterocycles. The molecule has 2 aliphatic heterocycles. The average molecular weight is 546 g/mol. The smallest absolute Gasteiger partial charge is 0.411 e. The van der Waals surface area contributed by atoms with E-state index in [1.807, 2.05) is 13.1 Å². The Morgan fingerprint density at radius 1 is 0.925 bits per heavy atom. The van der Waals surface area contributed by atoms with Crippen molar-refractivity contribution in [2.75, 3.05) is 69.7 Å². The monoisotopic (exact) mass is 545 g/mol. The van der Waals surface area contributed by atoms with Crippen molar-refractivity contribution in [1.29, 1.82) is 0 Å². The number of anilines is 2. The highest BCUT2D eigenvalue weighted by Gasteiger charge is 2.24. The number of amides is 2. The number of carboxylic acid groups (broad SMARTS) is 1. The molecule has 4 aromatic rings. The molecule has 2 fully saturated rings. The summed E-state index contributed by atoms with van der Waals surface area (Å²) >= 11 is 0. The second-order valence-corrected chi connectivity index (χ2v) is 9.55. The van der Waals surface area contributed by atoms with E-state index in [0.717, 1.165) is 13.1 Å². The molecule has 0 bridgehead atoms. The Morgan fingerprint density at radius 2 is 1.65 bits per heavy atom. The number of piperazine rings is 1. The summed E-state index contributed by atoms with van der Waals surface area (Å²) in [5.41, 5.74) is 2.36. The highest BCUT2D eigenvalue weighted by molar-refractivity contribution is 5.93. The van der Waals surface area contributed by atoms with Crippen molar-refractivity contribution in [2.24, 2.45) is 0 Å². The van der Waals surface area contributed by atoms with Gasteiger partial charge in [0.2, 0.25) is 5.95 Å². The first-order chi connectivity index (χ1) is 19.4. The van der Waals surface area contributed by atoms with Crippen LogP contribution in [0.3, 0.4) is 0 Å². The van der Waals surface area contributed by atoms with Crippen LogP contribution in [0.5, 0.6) is 0 Å². The summed E-state index contributed by atoms with van der Waals surface area (Å²) in [5, 5.41) is 11.0. The van der Waals surface area contributed by atoms with Crippen LogP contribution in [-0.2, 0) is 4.74 Å². The quantitative estimate of drug-likeness (QED) is 0.376. The molecule has 6 heterocycles. The number of nitrogens with one attached hydrogen (secondary N) is 1. The van der Waals surface area contributed by atoms with Crippen LogP contribution in [0.25, 0.3) is 33.7 Å². The van der Waals surface area contributed by atoms with Crippen LogP contribution >= 0.6 is 0 Å². The fourth-order valence-corrected chi connectivity index (χ4v) is 4.64. The number of ether oxygens (including phenoxy) is 1. The van der Waals surface area contributed by atoms with Crippen LogP contribution in [-0.4, -0.2) is 111 Å². The van der Waals surface area contributed by atoms with Crippen LogP contribution in [0.4, 0.5) is 16.6 Å². The Bertz CT molecular complexity index is 1540. The molecule has 6 rings (SSSR count). The predicted octanol–water partition coefficient (Wildman–Crippen LogP) is 2.06. The number of pyridine rings is 1. The van der Waals surface area contributed by atoms with Gasteiger partial charge in [0.25, 0.3) is 5.91 Å².